The van der Waals surface area contributed by atoms with Gasteiger partial charge in [-0.25, -0.2) is 18.4 Å². The van der Waals surface area contributed by atoms with E-state index in [1.807, 2.05) is 36.4 Å². The van der Waals surface area contributed by atoms with Crippen molar-refractivity contribution in [2.24, 2.45) is 5.92 Å². The Kier molecular flexibility index (Phi) is 11.5. The van der Waals surface area contributed by atoms with Crippen LogP contribution in [0.25, 0.3) is 28.1 Å². The third-order valence-corrected chi connectivity index (χ3v) is 13.9. The Balaban J connectivity index is 0.824. The molecule has 0 spiro atoms. The third kappa shape index (κ3) is 8.85. The molecule has 4 aliphatic heterocycles. The van der Waals surface area contributed by atoms with Gasteiger partial charge in [0.05, 0.1) is 17.3 Å². The van der Waals surface area contributed by atoms with E-state index in [0.717, 1.165) is 93.5 Å². The first kappa shape index (κ1) is 40.6. The fourth-order valence-corrected chi connectivity index (χ4v) is 10.2. The molecule has 318 valence electrons. The lowest BCUT2D eigenvalue weighted by Gasteiger charge is -2.40. The number of hydrogen-bond donors (Lipinski definition) is 2. The molecule has 0 saturated carbocycles. The van der Waals surface area contributed by atoms with Crippen LogP contribution in [0.1, 0.15) is 50.0 Å². The first-order valence-electron chi connectivity index (χ1n) is 21.0. The second-order valence-corrected chi connectivity index (χ2v) is 18.0. The van der Waals surface area contributed by atoms with Gasteiger partial charge >= 0.3 is 10.2 Å². The number of benzene rings is 2. The van der Waals surface area contributed by atoms with Gasteiger partial charge in [-0.15, -0.1) is 0 Å². The number of halogens is 2. The molecule has 7 heterocycles. The van der Waals surface area contributed by atoms with Crippen molar-refractivity contribution in [1.82, 2.24) is 34.3 Å². The number of carbonyl (C=O) groups excluding carboxylic acids is 2. The molecule has 3 aromatic heterocycles. The molecule has 17 heteroatoms. The van der Waals surface area contributed by atoms with Crippen LogP contribution in [0.15, 0.2) is 85.5 Å². The minimum Gasteiger partial charge on any atom is -0.369 e. The highest BCUT2D eigenvalue weighted by Crippen LogP contribution is 2.37. The number of piperidine rings is 2. The summed E-state index contributed by atoms with van der Waals surface area (Å²) in [5.74, 6) is -0.946. The summed E-state index contributed by atoms with van der Waals surface area (Å²) in [6, 6.07) is 17.4. The lowest BCUT2D eigenvalue weighted by Crippen LogP contribution is -2.49. The Labute approximate surface area is 353 Å². The quantitative estimate of drug-likeness (QED) is 0.161. The van der Waals surface area contributed by atoms with Crippen LogP contribution in [0, 0.1) is 17.6 Å². The fourth-order valence-electron chi connectivity index (χ4n) is 8.93. The molecule has 9 rings (SSSR count). The fraction of sp³-hybridized carbons (Fsp3) is 0.386. The molecule has 0 radical (unpaired) electrons. The summed E-state index contributed by atoms with van der Waals surface area (Å²) in [6.07, 6.45) is 11.1. The molecule has 4 fully saturated rings. The van der Waals surface area contributed by atoms with Crippen LogP contribution in [0.4, 0.5) is 26.0 Å². The van der Waals surface area contributed by atoms with E-state index in [1.54, 1.807) is 41.6 Å². The normalized spacial score (nSPS) is 19.7. The first-order valence-corrected chi connectivity index (χ1v) is 22.4. The molecule has 0 unspecified atom stereocenters. The molecule has 61 heavy (non-hydrogen) atoms. The van der Waals surface area contributed by atoms with E-state index >= 15 is 8.78 Å². The van der Waals surface area contributed by atoms with Gasteiger partial charge in [0.25, 0.3) is 0 Å². The number of imide groups is 1. The molecule has 5 aromatic rings. The summed E-state index contributed by atoms with van der Waals surface area (Å²) < 4.78 is 62.6. The maximum Gasteiger partial charge on any atom is 0.301 e. The molecular formula is C44H48F2N10O4S. The van der Waals surface area contributed by atoms with Crippen molar-refractivity contribution >= 4 is 39.2 Å². The van der Waals surface area contributed by atoms with Crippen LogP contribution >= 0.6 is 0 Å². The highest BCUT2D eigenvalue weighted by Gasteiger charge is 2.31. The predicted octanol–water partition coefficient (Wildman–Crippen LogP) is 5.59. The molecule has 14 nitrogen and oxygen atoms in total. The van der Waals surface area contributed by atoms with Crippen molar-refractivity contribution in [1.29, 1.82) is 0 Å². The van der Waals surface area contributed by atoms with Crippen LogP contribution < -0.4 is 19.8 Å². The Bertz CT molecular complexity index is 2480. The van der Waals surface area contributed by atoms with E-state index in [0.29, 0.717) is 61.5 Å². The standard InChI is InChI=1S/C44H48F2N10O4S/c45-33-25-37(42(46)39(26-33)51-61(59,60)55-17-1-2-18-55)38-29-56(50-43(38)31-11-15-47-16-12-31)35-6-4-34(5-7-35)53-23-21-52(22-24-53)28-30-13-19-54(20-14-30)40-9-3-32(27-48-40)36-8-10-41(57)49-44(36)58/h3-7,9,11-12,15-16,25-27,29-30,36,51H,1-2,8,10,13-14,17-24,28H2,(H,49,57,58)/t36-/m1/s1. The number of piperazine rings is 1. The average Bonchev–Trinajstić information content (AvgIpc) is 3.99. The highest BCUT2D eigenvalue weighted by atomic mass is 32.2. The molecule has 4 saturated heterocycles. The Hall–Kier alpha value is -5.78. The number of carbonyl (C=O) groups is 2. The number of anilines is 3. The number of hydrogen-bond acceptors (Lipinski definition) is 10. The van der Waals surface area contributed by atoms with Gasteiger partial charge in [-0.05, 0) is 92.1 Å². The van der Waals surface area contributed by atoms with Gasteiger partial charge < -0.3 is 9.80 Å². The zero-order valence-electron chi connectivity index (χ0n) is 33.7. The number of rotatable bonds is 11. The predicted molar refractivity (Wildman–Crippen MR) is 228 cm³/mol. The number of nitrogens with zero attached hydrogens (tertiary/aromatic N) is 8. The molecule has 4 aliphatic rings. The zero-order valence-corrected chi connectivity index (χ0v) is 34.5. The summed E-state index contributed by atoms with van der Waals surface area (Å²) in [5.41, 5.74) is 3.41. The van der Waals surface area contributed by atoms with Gasteiger partial charge in [0.1, 0.15) is 17.3 Å². The van der Waals surface area contributed by atoms with E-state index in [-0.39, 0.29) is 23.3 Å². The number of pyridine rings is 2. The topological polar surface area (TPSA) is 149 Å². The SMILES string of the molecule is O=C1CC[C@H](c2ccc(N3CCC(CN4CCN(c5ccc(-n6cc(-c7cc(F)cc(NS(=O)(=O)N8CCCC8)c7F)c(-c7ccncc7)n6)cc5)CC4)CC3)nc2)C(=O)N1. The molecule has 1 atom stereocenters. The Morgan fingerprint density at radius 3 is 2.20 bits per heavy atom. The van der Waals surface area contributed by atoms with Crippen LogP contribution in [-0.4, -0.2) is 108 Å². The van der Waals surface area contributed by atoms with Gasteiger partial charge in [0, 0.05) is 119 Å². The minimum atomic E-state index is -4.07. The number of nitrogens with one attached hydrogen (secondary N) is 2. The van der Waals surface area contributed by atoms with E-state index in [9.17, 15) is 18.0 Å². The van der Waals surface area contributed by atoms with Crippen molar-refractivity contribution in [3.8, 4) is 28.1 Å². The van der Waals surface area contributed by atoms with E-state index < -0.39 is 27.5 Å². The van der Waals surface area contributed by atoms with E-state index in [2.05, 4.69) is 34.7 Å². The van der Waals surface area contributed by atoms with Crippen molar-refractivity contribution in [2.45, 2.75) is 44.4 Å². The third-order valence-electron chi connectivity index (χ3n) is 12.4. The van der Waals surface area contributed by atoms with E-state index in [1.165, 1.54) is 4.31 Å². The van der Waals surface area contributed by atoms with Crippen LogP contribution in [-0.2, 0) is 19.8 Å². The van der Waals surface area contributed by atoms with Gasteiger partial charge in [0.2, 0.25) is 11.8 Å². The van der Waals surface area contributed by atoms with Gasteiger partial charge in [-0.1, -0.05) is 6.07 Å². The molecule has 0 bridgehead atoms. The van der Waals surface area contributed by atoms with Crippen LogP contribution in [0.2, 0.25) is 0 Å². The first-order chi connectivity index (χ1) is 29.6. The summed E-state index contributed by atoms with van der Waals surface area (Å²) in [7, 11) is -4.07. The maximum atomic E-state index is 16.2. The zero-order chi connectivity index (χ0) is 42.1. The van der Waals surface area contributed by atoms with Crippen molar-refractivity contribution < 1.29 is 26.8 Å². The lowest BCUT2D eigenvalue weighted by atomic mass is 9.91. The number of aromatic nitrogens is 4. The lowest BCUT2D eigenvalue weighted by molar-refractivity contribution is -0.134. The molecule has 0 aliphatic carbocycles. The van der Waals surface area contributed by atoms with Crippen molar-refractivity contribution in [3.63, 3.8) is 0 Å². The number of amides is 2. The van der Waals surface area contributed by atoms with Crippen LogP contribution in [0.5, 0.6) is 0 Å². The minimum absolute atomic E-state index is 0.118. The van der Waals surface area contributed by atoms with Crippen molar-refractivity contribution in [3.05, 3.63) is 103 Å². The summed E-state index contributed by atoms with van der Waals surface area (Å²) in [6.45, 7) is 7.26. The Morgan fingerprint density at radius 1 is 0.787 bits per heavy atom. The largest absolute Gasteiger partial charge is 0.369 e. The van der Waals surface area contributed by atoms with Gasteiger partial charge in [0.15, 0.2) is 5.82 Å². The summed E-state index contributed by atoms with van der Waals surface area (Å²) in [4.78, 5) is 39.9. The summed E-state index contributed by atoms with van der Waals surface area (Å²) >= 11 is 0. The monoisotopic (exact) mass is 850 g/mol. The highest BCUT2D eigenvalue weighted by molar-refractivity contribution is 7.90. The average molecular weight is 851 g/mol. The van der Waals surface area contributed by atoms with Crippen LogP contribution in [0.3, 0.4) is 0 Å². The van der Waals surface area contributed by atoms with Crippen molar-refractivity contribution in [2.75, 3.05) is 73.4 Å². The van der Waals surface area contributed by atoms with Gasteiger partial charge in [-0.3, -0.25) is 29.5 Å². The molecule has 2 aromatic carbocycles. The molecule has 2 amide bonds. The molecule has 2 N–H and O–H groups in total. The van der Waals surface area contributed by atoms with E-state index in [4.69, 9.17) is 5.10 Å². The maximum absolute atomic E-state index is 16.2. The second-order valence-electron chi connectivity index (χ2n) is 16.3. The molecular weight excluding hydrogens is 803 g/mol. The van der Waals surface area contributed by atoms with Gasteiger partial charge in [-0.2, -0.15) is 17.8 Å². The summed E-state index contributed by atoms with van der Waals surface area (Å²) in [5, 5.41) is 7.25. The Morgan fingerprint density at radius 2 is 1.51 bits per heavy atom. The smallest absolute Gasteiger partial charge is 0.301 e. The second kappa shape index (κ2) is 17.3.